The molecule has 0 radical (unpaired) electrons. The minimum atomic E-state index is 1.31. The maximum absolute atomic E-state index is 2.33. The highest BCUT2D eigenvalue weighted by molar-refractivity contribution is 6.18. The maximum atomic E-state index is 2.33. The number of rotatable bonds is 0. The van der Waals surface area contributed by atoms with Gasteiger partial charge in [0.05, 0.1) is 5.52 Å². The number of nitrogens with zero attached hydrogens (tertiary/aromatic N) is 1. The van der Waals surface area contributed by atoms with E-state index in [-0.39, 0.29) is 0 Å². The van der Waals surface area contributed by atoms with Crippen molar-refractivity contribution in [1.82, 2.24) is 4.57 Å². The van der Waals surface area contributed by atoms with Crippen LogP contribution in [0.3, 0.4) is 0 Å². The monoisotopic (exact) mass is 259 g/mol. The smallest absolute Gasteiger partial charge is 0.0568 e. The Kier molecular flexibility index (Phi) is 2.23. The van der Waals surface area contributed by atoms with Crippen LogP contribution in [0.5, 0.6) is 0 Å². The first-order chi connectivity index (χ1) is 9.66. The van der Waals surface area contributed by atoms with Crippen molar-refractivity contribution in [3.63, 3.8) is 0 Å². The van der Waals surface area contributed by atoms with Gasteiger partial charge in [-0.15, -0.1) is 0 Å². The van der Waals surface area contributed by atoms with Gasteiger partial charge in [0.15, 0.2) is 0 Å². The van der Waals surface area contributed by atoms with E-state index in [4.69, 9.17) is 0 Å². The van der Waals surface area contributed by atoms with Crippen LogP contribution in [-0.2, 0) is 7.05 Å². The highest BCUT2D eigenvalue weighted by Crippen LogP contribution is 2.35. The summed E-state index contributed by atoms with van der Waals surface area (Å²) in [5.41, 5.74) is 5.31. The summed E-state index contributed by atoms with van der Waals surface area (Å²) in [5, 5.41) is 5.42. The van der Waals surface area contributed by atoms with Gasteiger partial charge in [-0.2, -0.15) is 0 Å². The van der Waals surface area contributed by atoms with Crippen molar-refractivity contribution < 1.29 is 0 Å². The Balaban J connectivity index is 2.38. The van der Waals surface area contributed by atoms with Gasteiger partial charge in [0.25, 0.3) is 0 Å². The molecule has 0 aliphatic heterocycles. The normalized spacial score (nSPS) is 11.8. The number of benzene rings is 3. The molecular weight excluding hydrogens is 242 g/mol. The predicted molar refractivity (Wildman–Crippen MR) is 87.4 cm³/mol. The zero-order chi connectivity index (χ0) is 13.9. The number of hydrogen-bond donors (Lipinski definition) is 0. The van der Waals surface area contributed by atoms with Gasteiger partial charge < -0.3 is 4.57 Å². The van der Waals surface area contributed by atoms with Crippen LogP contribution < -0.4 is 0 Å². The van der Waals surface area contributed by atoms with Crippen molar-refractivity contribution in [3.05, 3.63) is 59.7 Å². The van der Waals surface area contributed by atoms with Crippen LogP contribution >= 0.6 is 0 Å². The molecule has 0 aliphatic carbocycles. The molecule has 0 fully saturated rings. The first kappa shape index (κ1) is 11.5. The van der Waals surface area contributed by atoms with Crippen LogP contribution in [0, 0.1) is 13.8 Å². The minimum Gasteiger partial charge on any atom is -0.343 e. The van der Waals surface area contributed by atoms with E-state index < -0.39 is 0 Å². The molecule has 1 aromatic heterocycles. The van der Waals surface area contributed by atoms with Crippen molar-refractivity contribution in [3.8, 4) is 0 Å². The lowest BCUT2D eigenvalue weighted by molar-refractivity contribution is 1.02. The van der Waals surface area contributed by atoms with Gasteiger partial charge >= 0.3 is 0 Å². The van der Waals surface area contributed by atoms with E-state index in [9.17, 15) is 0 Å². The summed E-state index contributed by atoms with van der Waals surface area (Å²) in [5.74, 6) is 0. The number of aromatic nitrogens is 1. The Hall–Kier alpha value is -2.28. The van der Waals surface area contributed by atoms with Gasteiger partial charge in [0.2, 0.25) is 0 Å². The van der Waals surface area contributed by atoms with Crippen LogP contribution in [0.1, 0.15) is 11.1 Å². The second-order valence-electron chi connectivity index (χ2n) is 5.71. The molecule has 98 valence electrons. The average Bonchev–Trinajstić information content (AvgIpc) is 2.72. The molecule has 0 N–H and O–H groups in total. The van der Waals surface area contributed by atoms with Crippen LogP contribution in [0.2, 0.25) is 0 Å². The first-order valence-electron chi connectivity index (χ1n) is 7.04. The van der Waals surface area contributed by atoms with Gasteiger partial charge in [-0.1, -0.05) is 35.9 Å². The Bertz CT molecular complexity index is 973. The fourth-order valence-electron chi connectivity index (χ4n) is 3.39. The van der Waals surface area contributed by atoms with E-state index in [0.29, 0.717) is 0 Å². The molecule has 0 amide bonds. The Morgan fingerprint density at radius 3 is 2.30 bits per heavy atom. The molecule has 1 nitrogen and oxygen atoms in total. The summed E-state index contributed by atoms with van der Waals surface area (Å²) in [7, 11) is 2.17. The summed E-state index contributed by atoms with van der Waals surface area (Å²) in [6, 6.07) is 17.7. The summed E-state index contributed by atoms with van der Waals surface area (Å²) in [4.78, 5) is 0. The van der Waals surface area contributed by atoms with Crippen LogP contribution in [0.4, 0.5) is 0 Å². The lowest BCUT2D eigenvalue weighted by atomic mass is 10.0. The lowest BCUT2D eigenvalue weighted by Crippen LogP contribution is -1.88. The van der Waals surface area contributed by atoms with Gasteiger partial charge in [-0.05, 0) is 43.0 Å². The van der Waals surface area contributed by atoms with E-state index in [0.717, 1.165) is 0 Å². The second kappa shape index (κ2) is 3.86. The summed E-state index contributed by atoms with van der Waals surface area (Å²) >= 11 is 0. The zero-order valence-electron chi connectivity index (χ0n) is 12.1. The Labute approximate surface area is 118 Å². The lowest BCUT2D eigenvalue weighted by Gasteiger charge is -2.06. The van der Waals surface area contributed by atoms with Crippen LogP contribution in [0.25, 0.3) is 32.6 Å². The quantitative estimate of drug-likeness (QED) is 0.414. The standard InChI is InChI=1S/C19H17N/c1-12-8-9-18-16(10-12)17-11-13(2)14-6-4-5-7-15(14)19(17)20(18)3/h4-11H,1-3H3. The van der Waals surface area contributed by atoms with E-state index in [1.54, 1.807) is 0 Å². The van der Waals surface area contributed by atoms with Crippen molar-refractivity contribution in [2.24, 2.45) is 7.05 Å². The predicted octanol–water partition coefficient (Wildman–Crippen LogP) is 5.10. The minimum absolute atomic E-state index is 1.31. The largest absolute Gasteiger partial charge is 0.343 e. The van der Waals surface area contributed by atoms with Crippen LogP contribution in [-0.4, -0.2) is 4.57 Å². The zero-order valence-corrected chi connectivity index (χ0v) is 12.1. The van der Waals surface area contributed by atoms with E-state index in [1.807, 2.05) is 0 Å². The molecule has 3 aromatic carbocycles. The highest BCUT2D eigenvalue weighted by Gasteiger charge is 2.12. The molecule has 0 bridgehead atoms. The summed E-state index contributed by atoms with van der Waals surface area (Å²) in [6.45, 7) is 4.36. The molecule has 0 unspecified atom stereocenters. The third-order valence-corrected chi connectivity index (χ3v) is 4.36. The molecule has 0 saturated heterocycles. The third-order valence-electron chi connectivity index (χ3n) is 4.36. The molecule has 20 heavy (non-hydrogen) atoms. The van der Waals surface area contributed by atoms with E-state index in [2.05, 4.69) is 74.0 Å². The van der Waals surface area contributed by atoms with Crippen molar-refractivity contribution in [2.75, 3.05) is 0 Å². The Morgan fingerprint density at radius 2 is 1.50 bits per heavy atom. The van der Waals surface area contributed by atoms with Gasteiger partial charge in [0, 0.05) is 28.7 Å². The molecule has 4 rings (SSSR count). The summed E-state index contributed by atoms with van der Waals surface area (Å²) in [6.07, 6.45) is 0. The molecule has 1 heteroatoms. The molecule has 1 heterocycles. The SMILES string of the molecule is Cc1ccc2c(c1)c1cc(C)c3ccccc3c1n2C. The highest BCUT2D eigenvalue weighted by atomic mass is 14.9. The average molecular weight is 259 g/mol. The number of aryl methyl sites for hydroxylation is 3. The topological polar surface area (TPSA) is 4.93 Å². The molecule has 0 spiro atoms. The van der Waals surface area contributed by atoms with Gasteiger partial charge in [0.1, 0.15) is 0 Å². The number of hydrogen-bond acceptors (Lipinski definition) is 0. The van der Waals surface area contributed by atoms with E-state index >= 15 is 0 Å². The molecule has 4 aromatic rings. The fourth-order valence-corrected chi connectivity index (χ4v) is 3.39. The molecule has 0 atom stereocenters. The van der Waals surface area contributed by atoms with Crippen molar-refractivity contribution in [1.29, 1.82) is 0 Å². The number of fused-ring (bicyclic) bond motifs is 5. The fraction of sp³-hybridized carbons (Fsp3) is 0.158. The second-order valence-corrected chi connectivity index (χ2v) is 5.71. The van der Waals surface area contributed by atoms with Crippen molar-refractivity contribution in [2.45, 2.75) is 13.8 Å². The van der Waals surface area contributed by atoms with Crippen LogP contribution in [0.15, 0.2) is 48.5 Å². The van der Waals surface area contributed by atoms with Crippen molar-refractivity contribution >= 4 is 32.6 Å². The van der Waals surface area contributed by atoms with Gasteiger partial charge in [-0.25, -0.2) is 0 Å². The molecule has 0 saturated carbocycles. The van der Waals surface area contributed by atoms with Gasteiger partial charge in [-0.3, -0.25) is 0 Å². The third kappa shape index (κ3) is 1.38. The molecular formula is C19H17N. The maximum Gasteiger partial charge on any atom is 0.0568 e. The molecule has 0 aliphatic rings. The first-order valence-corrected chi connectivity index (χ1v) is 7.04. The Morgan fingerprint density at radius 1 is 0.750 bits per heavy atom. The summed E-state index contributed by atoms with van der Waals surface area (Å²) < 4.78 is 2.33. The van der Waals surface area contributed by atoms with E-state index in [1.165, 1.54) is 43.7 Å².